The number of nitrogens with one attached hydrogen (secondary N) is 1. The van der Waals surface area contributed by atoms with Gasteiger partial charge < -0.3 is 10.1 Å². The number of halogens is 1. The van der Waals surface area contributed by atoms with Crippen LogP contribution in [0, 0.1) is 13.8 Å². The van der Waals surface area contributed by atoms with Crippen molar-refractivity contribution >= 4 is 21.6 Å². The van der Waals surface area contributed by atoms with E-state index in [2.05, 4.69) is 71.5 Å². The molecule has 106 valence electrons. The fourth-order valence-electron chi connectivity index (χ4n) is 2.06. The van der Waals surface area contributed by atoms with Gasteiger partial charge in [0, 0.05) is 11.0 Å². The van der Waals surface area contributed by atoms with Gasteiger partial charge in [0.25, 0.3) is 0 Å². The summed E-state index contributed by atoms with van der Waals surface area (Å²) >= 11 is 3.53. The summed E-state index contributed by atoms with van der Waals surface area (Å²) in [5.74, 6) is 0.918. The zero-order valence-corrected chi connectivity index (χ0v) is 13.8. The van der Waals surface area contributed by atoms with E-state index in [1.54, 1.807) is 0 Å². The summed E-state index contributed by atoms with van der Waals surface area (Å²) in [6.07, 6.45) is 0. The Labute approximate surface area is 129 Å². The first kappa shape index (κ1) is 14.9. The smallest absolute Gasteiger partial charge is 0.142 e. The summed E-state index contributed by atoms with van der Waals surface area (Å²) in [4.78, 5) is 0. The molecule has 0 saturated heterocycles. The van der Waals surface area contributed by atoms with Gasteiger partial charge in [-0.3, -0.25) is 0 Å². The normalized spacial score (nSPS) is 10.4. The van der Waals surface area contributed by atoms with Crippen LogP contribution in [0.4, 0.5) is 5.69 Å². The second-order valence-electron chi connectivity index (χ2n) is 4.87. The van der Waals surface area contributed by atoms with Crippen LogP contribution in [0.1, 0.15) is 23.6 Å². The van der Waals surface area contributed by atoms with Gasteiger partial charge >= 0.3 is 0 Å². The molecule has 2 aromatic carbocycles. The Morgan fingerprint density at radius 1 is 1.10 bits per heavy atom. The largest absolute Gasteiger partial charge is 0.492 e. The Bertz CT molecular complexity index is 596. The molecule has 3 heteroatoms. The topological polar surface area (TPSA) is 21.3 Å². The van der Waals surface area contributed by atoms with Crippen molar-refractivity contribution in [2.24, 2.45) is 0 Å². The molecule has 0 saturated carbocycles. The number of aryl methyl sites for hydroxylation is 2. The van der Waals surface area contributed by atoms with E-state index in [0.29, 0.717) is 6.61 Å². The van der Waals surface area contributed by atoms with Crippen LogP contribution in [0.5, 0.6) is 5.75 Å². The van der Waals surface area contributed by atoms with Crippen molar-refractivity contribution in [1.29, 1.82) is 0 Å². The number of hydrogen-bond acceptors (Lipinski definition) is 2. The molecule has 0 heterocycles. The van der Waals surface area contributed by atoms with Gasteiger partial charge in [0.2, 0.25) is 0 Å². The minimum absolute atomic E-state index is 0.676. The highest BCUT2D eigenvalue weighted by molar-refractivity contribution is 9.10. The molecular weight excluding hydrogens is 314 g/mol. The lowest BCUT2D eigenvalue weighted by molar-refractivity contribution is 0.341. The average molecular weight is 334 g/mol. The number of benzene rings is 2. The monoisotopic (exact) mass is 333 g/mol. The van der Waals surface area contributed by atoms with Crippen LogP contribution in [-0.2, 0) is 6.54 Å². The Balaban J connectivity index is 2.11. The molecule has 0 aliphatic heterocycles. The van der Waals surface area contributed by atoms with Crippen molar-refractivity contribution in [3.63, 3.8) is 0 Å². The lowest BCUT2D eigenvalue weighted by Crippen LogP contribution is -2.03. The van der Waals surface area contributed by atoms with Crippen LogP contribution in [0.15, 0.2) is 40.9 Å². The lowest BCUT2D eigenvalue weighted by Gasteiger charge is -2.13. The molecule has 2 nitrogen and oxygen atoms in total. The zero-order valence-electron chi connectivity index (χ0n) is 12.2. The van der Waals surface area contributed by atoms with Crippen LogP contribution in [0.3, 0.4) is 0 Å². The zero-order chi connectivity index (χ0) is 14.5. The van der Waals surface area contributed by atoms with Crippen molar-refractivity contribution in [1.82, 2.24) is 0 Å². The van der Waals surface area contributed by atoms with E-state index in [9.17, 15) is 0 Å². The van der Waals surface area contributed by atoms with Crippen molar-refractivity contribution in [2.45, 2.75) is 27.3 Å². The van der Waals surface area contributed by atoms with Crippen LogP contribution in [0.2, 0.25) is 0 Å². The summed E-state index contributed by atoms with van der Waals surface area (Å²) in [6.45, 7) is 7.65. The van der Waals surface area contributed by atoms with Gasteiger partial charge in [-0.05, 0) is 55.7 Å². The molecule has 0 unspecified atom stereocenters. The second-order valence-corrected chi connectivity index (χ2v) is 5.72. The Morgan fingerprint density at radius 2 is 1.90 bits per heavy atom. The van der Waals surface area contributed by atoms with Crippen molar-refractivity contribution in [2.75, 3.05) is 11.9 Å². The van der Waals surface area contributed by atoms with Crippen LogP contribution in [-0.4, -0.2) is 6.61 Å². The summed E-state index contributed by atoms with van der Waals surface area (Å²) < 4.78 is 6.82. The third-order valence-corrected chi connectivity index (χ3v) is 4.03. The summed E-state index contributed by atoms with van der Waals surface area (Å²) in [5, 5.41) is 3.45. The molecule has 2 rings (SSSR count). The van der Waals surface area contributed by atoms with E-state index in [1.807, 2.05) is 6.92 Å². The molecular formula is C17H20BrNO. The van der Waals surface area contributed by atoms with Gasteiger partial charge in [0.05, 0.1) is 12.3 Å². The molecule has 0 aliphatic carbocycles. The highest BCUT2D eigenvalue weighted by Crippen LogP contribution is 2.26. The minimum Gasteiger partial charge on any atom is -0.492 e. The molecule has 0 spiro atoms. The van der Waals surface area contributed by atoms with E-state index in [4.69, 9.17) is 4.74 Å². The molecule has 0 aliphatic rings. The number of anilines is 1. The van der Waals surface area contributed by atoms with E-state index in [-0.39, 0.29) is 0 Å². The standard InChI is InChI=1S/C17H20BrNO/c1-4-20-17-9-12(2)5-8-16(17)19-11-14-6-7-15(18)13(3)10-14/h5-10,19H,4,11H2,1-3H3. The molecule has 0 amide bonds. The first-order valence-corrected chi connectivity index (χ1v) is 7.62. The van der Waals surface area contributed by atoms with E-state index in [0.717, 1.165) is 22.5 Å². The van der Waals surface area contributed by atoms with Crippen molar-refractivity contribution < 1.29 is 4.74 Å². The molecule has 20 heavy (non-hydrogen) atoms. The molecule has 0 fully saturated rings. The predicted molar refractivity (Wildman–Crippen MR) is 88.6 cm³/mol. The molecule has 0 aromatic heterocycles. The van der Waals surface area contributed by atoms with Gasteiger partial charge in [-0.1, -0.05) is 34.1 Å². The molecule has 0 bridgehead atoms. The summed E-state index contributed by atoms with van der Waals surface area (Å²) in [6, 6.07) is 12.6. The van der Waals surface area contributed by atoms with Gasteiger partial charge in [0.1, 0.15) is 5.75 Å². The van der Waals surface area contributed by atoms with Gasteiger partial charge in [-0.2, -0.15) is 0 Å². The fourth-order valence-corrected chi connectivity index (χ4v) is 2.31. The van der Waals surface area contributed by atoms with Gasteiger partial charge in [0.15, 0.2) is 0 Å². The number of ether oxygens (including phenoxy) is 1. The van der Waals surface area contributed by atoms with Gasteiger partial charge in [-0.15, -0.1) is 0 Å². The maximum Gasteiger partial charge on any atom is 0.142 e. The Kier molecular flexibility index (Phi) is 5.07. The SMILES string of the molecule is CCOc1cc(C)ccc1NCc1ccc(Br)c(C)c1. The number of hydrogen-bond donors (Lipinski definition) is 1. The van der Waals surface area contributed by atoms with Crippen LogP contribution < -0.4 is 10.1 Å². The first-order valence-electron chi connectivity index (χ1n) is 6.82. The first-order chi connectivity index (χ1) is 9.60. The fraction of sp³-hybridized carbons (Fsp3) is 0.294. The summed E-state index contributed by atoms with van der Waals surface area (Å²) in [7, 11) is 0. The quantitative estimate of drug-likeness (QED) is 0.824. The summed E-state index contributed by atoms with van der Waals surface area (Å²) in [5.41, 5.74) is 4.75. The third-order valence-electron chi connectivity index (χ3n) is 3.14. The van der Waals surface area contributed by atoms with Gasteiger partial charge in [-0.25, -0.2) is 0 Å². The van der Waals surface area contributed by atoms with E-state index in [1.165, 1.54) is 16.7 Å². The third kappa shape index (κ3) is 3.76. The van der Waals surface area contributed by atoms with Crippen LogP contribution in [0.25, 0.3) is 0 Å². The molecule has 1 N–H and O–H groups in total. The molecule has 0 atom stereocenters. The highest BCUT2D eigenvalue weighted by Gasteiger charge is 2.04. The highest BCUT2D eigenvalue weighted by atomic mass is 79.9. The van der Waals surface area contributed by atoms with Crippen LogP contribution >= 0.6 is 15.9 Å². The Morgan fingerprint density at radius 3 is 2.60 bits per heavy atom. The number of rotatable bonds is 5. The second kappa shape index (κ2) is 6.80. The van der Waals surface area contributed by atoms with Crippen molar-refractivity contribution in [3.05, 3.63) is 57.6 Å². The maximum absolute atomic E-state index is 5.68. The maximum atomic E-state index is 5.68. The Hall–Kier alpha value is -1.48. The van der Waals surface area contributed by atoms with E-state index >= 15 is 0 Å². The molecule has 2 aromatic rings. The average Bonchev–Trinajstić information content (AvgIpc) is 2.42. The minimum atomic E-state index is 0.676. The predicted octanol–water partition coefficient (Wildman–Crippen LogP) is 5.08. The molecule has 0 radical (unpaired) electrons. The van der Waals surface area contributed by atoms with Crippen molar-refractivity contribution in [3.8, 4) is 5.75 Å². The van der Waals surface area contributed by atoms with E-state index < -0.39 is 0 Å². The lowest BCUT2D eigenvalue weighted by atomic mass is 10.1.